The van der Waals surface area contributed by atoms with E-state index in [2.05, 4.69) is 5.32 Å². The molecule has 10 heteroatoms. The molecule has 1 saturated heterocycles. The number of carbonyl (C=O) groups is 3. The smallest absolute Gasteiger partial charge is 0.253 e. The number of aliphatic hydroxyl groups is 1. The van der Waals surface area contributed by atoms with Crippen LogP contribution in [0.5, 0.6) is 0 Å². The van der Waals surface area contributed by atoms with Crippen molar-refractivity contribution in [3.8, 4) is 0 Å². The molecule has 196 valence electrons. The molecule has 1 fully saturated rings. The number of nitrogens with zero attached hydrogens (tertiary/aromatic N) is 2. The molecule has 4 rings (SSSR count). The van der Waals surface area contributed by atoms with E-state index in [1.54, 1.807) is 6.08 Å². The van der Waals surface area contributed by atoms with Crippen molar-refractivity contribution < 1.29 is 29.1 Å². The molecule has 0 spiro atoms. The summed E-state index contributed by atoms with van der Waals surface area (Å²) >= 11 is 2.82. The van der Waals surface area contributed by atoms with Gasteiger partial charge >= 0.3 is 0 Å². The topological polar surface area (TPSA) is 110 Å². The Morgan fingerprint density at radius 2 is 2.00 bits per heavy atom. The molecule has 2 amide bonds. The second-order valence-electron chi connectivity index (χ2n) is 9.74. The number of nitrogens with one attached hydrogen (secondary N) is 1. The van der Waals surface area contributed by atoms with Gasteiger partial charge in [0.2, 0.25) is 5.91 Å². The van der Waals surface area contributed by atoms with Crippen LogP contribution in [-0.2, 0) is 14.4 Å². The lowest BCUT2D eigenvalue weighted by molar-refractivity contribution is -0.884. The standard InChI is InChI=1S/C27H31N3O5S2/c1-30(2,13-6-14-31)12-5-9-20-16-37-26-23(25(33)29(26)24(20)27(34)35)28-22(32)17-36-21-11-10-18-7-3-4-8-19(18)15-21/h3-5,7-11,15,23,26,31H,6,12-14,16-17H2,1-2H3,(H-,28,32,34,35)/b9-5+/t23-,26-/m1/s1. The fourth-order valence-corrected chi connectivity index (χ4v) is 6.53. The average molecular weight is 542 g/mol. The van der Waals surface area contributed by atoms with E-state index in [9.17, 15) is 19.5 Å². The molecule has 0 radical (unpaired) electrons. The highest BCUT2D eigenvalue weighted by molar-refractivity contribution is 8.00. The molecular weight excluding hydrogens is 510 g/mol. The molecule has 0 aromatic heterocycles. The first-order valence-corrected chi connectivity index (χ1v) is 14.1. The Kier molecular flexibility index (Phi) is 8.63. The number of carboxylic acid groups (broad SMARTS) is 1. The minimum atomic E-state index is -1.40. The van der Waals surface area contributed by atoms with Crippen molar-refractivity contribution in [2.75, 3.05) is 45.3 Å². The van der Waals surface area contributed by atoms with E-state index in [0.29, 0.717) is 28.8 Å². The van der Waals surface area contributed by atoms with Crippen molar-refractivity contribution in [3.05, 3.63) is 65.9 Å². The molecule has 0 bridgehead atoms. The minimum Gasteiger partial charge on any atom is -0.543 e. The number of carboxylic acids is 1. The van der Waals surface area contributed by atoms with Crippen LogP contribution in [-0.4, -0.2) is 89.0 Å². The zero-order valence-electron chi connectivity index (χ0n) is 20.9. The Bertz CT molecular complexity index is 1260. The van der Waals surface area contributed by atoms with Gasteiger partial charge in [0.05, 0.1) is 44.6 Å². The lowest BCUT2D eigenvalue weighted by atomic mass is 10.0. The summed E-state index contributed by atoms with van der Waals surface area (Å²) in [6.07, 6.45) is 4.32. The number of benzene rings is 2. The molecule has 2 atom stereocenters. The van der Waals surface area contributed by atoms with Gasteiger partial charge in [0.25, 0.3) is 5.91 Å². The monoisotopic (exact) mass is 541 g/mol. The molecular formula is C27H31N3O5S2. The molecule has 2 aromatic carbocycles. The van der Waals surface area contributed by atoms with Gasteiger partial charge in [-0.25, -0.2) is 0 Å². The number of hydrogen-bond donors (Lipinski definition) is 2. The zero-order chi connectivity index (χ0) is 26.6. The van der Waals surface area contributed by atoms with Crippen molar-refractivity contribution >= 4 is 52.1 Å². The van der Waals surface area contributed by atoms with Crippen LogP contribution in [0.3, 0.4) is 0 Å². The number of allylic oxidation sites excluding steroid dienone is 1. The number of hydrogen-bond acceptors (Lipinski definition) is 7. The lowest BCUT2D eigenvalue weighted by Gasteiger charge is -2.50. The number of fused-ring (bicyclic) bond motifs is 2. The normalized spacial score (nSPS) is 19.8. The number of rotatable bonds is 11. The number of aliphatic carboxylic acids is 1. The van der Waals surface area contributed by atoms with Gasteiger partial charge in [0.1, 0.15) is 11.4 Å². The van der Waals surface area contributed by atoms with Crippen molar-refractivity contribution in [1.29, 1.82) is 0 Å². The molecule has 0 unspecified atom stereocenters. The molecule has 37 heavy (non-hydrogen) atoms. The Hall–Kier alpha value is -2.79. The van der Waals surface area contributed by atoms with E-state index in [0.717, 1.165) is 22.2 Å². The van der Waals surface area contributed by atoms with Gasteiger partial charge in [-0.3, -0.25) is 14.5 Å². The third-order valence-electron chi connectivity index (χ3n) is 6.44. The second-order valence-corrected chi connectivity index (χ2v) is 11.9. The molecule has 2 aromatic rings. The molecule has 8 nitrogen and oxygen atoms in total. The fourth-order valence-electron chi connectivity index (χ4n) is 4.45. The molecule has 0 saturated carbocycles. The fraction of sp³-hybridized carbons (Fsp3) is 0.370. The van der Waals surface area contributed by atoms with Crippen LogP contribution in [0.4, 0.5) is 0 Å². The SMILES string of the molecule is C[N+](C)(C/C=C/C1=C(C(=O)[O-])N2C(=O)[C@@H](NC(=O)CSc3ccc4ccccc4c3)[C@H]2SC1)CCCO. The van der Waals surface area contributed by atoms with E-state index in [-0.39, 0.29) is 24.0 Å². The lowest BCUT2D eigenvalue weighted by Crippen LogP contribution is -2.71. The number of quaternary nitrogens is 1. The quantitative estimate of drug-likeness (QED) is 0.251. The van der Waals surface area contributed by atoms with Gasteiger partial charge < -0.3 is 24.8 Å². The Balaban J connectivity index is 1.36. The average Bonchev–Trinajstić information content (AvgIpc) is 2.88. The van der Waals surface area contributed by atoms with Crippen LogP contribution in [0.1, 0.15) is 6.42 Å². The Morgan fingerprint density at radius 1 is 1.24 bits per heavy atom. The number of likely N-dealkylation sites (N-methyl/N-ethyl adjacent to an activating group) is 1. The largest absolute Gasteiger partial charge is 0.543 e. The molecule has 2 aliphatic rings. The van der Waals surface area contributed by atoms with Gasteiger partial charge in [-0.15, -0.1) is 23.5 Å². The van der Waals surface area contributed by atoms with Crippen LogP contribution in [0.15, 0.2) is 70.8 Å². The first kappa shape index (κ1) is 27.3. The molecule has 2 aliphatic heterocycles. The van der Waals surface area contributed by atoms with Gasteiger partial charge in [-0.1, -0.05) is 36.4 Å². The van der Waals surface area contributed by atoms with Gasteiger partial charge in [0.15, 0.2) is 0 Å². The zero-order valence-corrected chi connectivity index (χ0v) is 22.5. The third kappa shape index (κ3) is 6.38. The molecule has 2 N–H and O–H groups in total. The summed E-state index contributed by atoms with van der Waals surface area (Å²) in [5.74, 6) is -1.56. The highest BCUT2D eigenvalue weighted by Crippen LogP contribution is 2.40. The predicted molar refractivity (Wildman–Crippen MR) is 144 cm³/mol. The number of carbonyl (C=O) groups excluding carboxylic acids is 3. The summed E-state index contributed by atoms with van der Waals surface area (Å²) in [6.45, 7) is 1.56. The highest BCUT2D eigenvalue weighted by Gasteiger charge is 2.52. The number of aliphatic hydroxyl groups excluding tert-OH is 1. The summed E-state index contributed by atoms with van der Waals surface area (Å²) < 4.78 is 0.648. The summed E-state index contributed by atoms with van der Waals surface area (Å²) in [4.78, 5) is 39.6. The number of β-lactam (4-membered cyclic amide) rings is 1. The second kappa shape index (κ2) is 11.7. The maximum absolute atomic E-state index is 12.9. The molecule has 0 aliphatic carbocycles. The predicted octanol–water partition coefficient (Wildman–Crippen LogP) is 1.35. The minimum absolute atomic E-state index is 0.123. The van der Waals surface area contributed by atoms with Crippen LogP contribution in [0, 0.1) is 0 Å². The maximum Gasteiger partial charge on any atom is 0.253 e. The maximum atomic E-state index is 12.9. The van der Waals surface area contributed by atoms with Crippen LogP contribution in [0.2, 0.25) is 0 Å². The van der Waals surface area contributed by atoms with Crippen molar-refractivity contribution in [2.24, 2.45) is 0 Å². The van der Waals surface area contributed by atoms with Crippen LogP contribution < -0.4 is 10.4 Å². The summed E-state index contributed by atoms with van der Waals surface area (Å²) in [5, 5.41) is 25.5. The first-order valence-electron chi connectivity index (χ1n) is 12.1. The van der Waals surface area contributed by atoms with E-state index in [1.807, 2.05) is 62.6 Å². The van der Waals surface area contributed by atoms with Crippen LogP contribution in [0.25, 0.3) is 10.8 Å². The van der Waals surface area contributed by atoms with Gasteiger partial charge in [-0.05, 0) is 34.6 Å². The van der Waals surface area contributed by atoms with Gasteiger partial charge in [0, 0.05) is 23.7 Å². The highest BCUT2D eigenvalue weighted by atomic mass is 32.2. The Morgan fingerprint density at radius 3 is 2.73 bits per heavy atom. The van der Waals surface area contributed by atoms with Crippen molar-refractivity contribution in [3.63, 3.8) is 0 Å². The molecule has 2 heterocycles. The third-order valence-corrected chi connectivity index (χ3v) is 8.73. The van der Waals surface area contributed by atoms with Crippen molar-refractivity contribution in [2.45, 2.75) is 22.7 Å². The van der Waals surface area contributed by atoms with Crippen molar-refractivity contribution in [1.82, 2.24) is 10.2 Å². The van der Waals surface area contributed by atoms with E-state index in [1.165, 1.54) is 28.4 Å². The number of thioether (sulfide) groups is 2. The van der Waals surface area contributed by atoms with E-state index < -0.39 is 23.3 Å². The first-order chi connectivity index (χ1) is 17.7. The van der Waals surface area contributed by atoms with Crippen LogP contribution >= 0.6 is 23.5 Å². The summed E-state index contributed by atoms with van der Waals surface area (Å²) in [7, 11) is 4.06. The van der Waals surface area contributed by atoms with Gasteiger partial charge in [-0.2, -0.15) is 0 Å². The van der Waals surface area contributed by atoms with E-state index in [4.69, 9.17) is 5.11 Å². The van der Waals surface area contributed by atoms with E-state index >= 15 is 0 Å². The summed E-state index contributed by atoms with van der Waals surface area (Å²) in [5.41, 5.74) is 0.398. The Labute approximate surface area is 225 Å². The summed E-state index contributed by atoms with van der Waals surface area (Å²) in [6, 6.07) is 13.2. The number of amides is 2.